The Morgan fingerprint density at radius 3 is 2.50 bits per heavy atom. The monoisotopic (exact) mass is 190 g/mol. The van der Waals surface area contributed by atoms with Gasteiger partial charge in [-0.1, -0.05) is 0 Å². The highest BCUT2D eigenvalue weighted by Gasteiger charge is 2.15. The Bertz CT molecular complexity index is 379. The lowest BCUT2D eigenvalue weighted by Gasteiger charge is -2.00. The van der Waals surface area contributed by atoms with E-state index in [9.17, 15) is 8.42 Å². The molecule has 0 aliphatic carbocycles. The fourth-order valence-electron chi connectivity index (χ4n) is 0.917. The van der Waals surface area contributed by atoms with E-state index in [4.69, 9.17) is 5.11 Å². The lowest BCUT2D eigenvalue weighted by atomic mass is 10.5. The van der Waals surface area contributed by atoms with Gasteiger partial charge in [-0.3, -0.25) is 0 Å². The van der Waals surface area contributed by atoms with E-state index in [1.807, 2.05) is 0 Å². The lowest BCUT2D eigenvalue weighted by Crippen LogP contribution is -2.07. The van der Waals surface area contributed by atoms with Gasteiger partial charge in [0, 0.05) is 13.3 Å². The van der Waals surface area contributed by atoms with Crippen LogP contribution in [0.4, 0.5) is 0 Å². The first-order chi connectivity index (χ1) is 5.46. The lowest BCUT2D eigenvalue weighted by molar-refractivity contribution is 0.271. The summed E-state index contributed by atoms with van der Waals surface area (Å²) >= 11 is 0. The number of hydrogen-bond acceptors (Lipinski definition) is 4. The summed E-state index contributed by atoms with van der Waals surface area (Å²) in [6.45, 7) is -0.209. The van der Waals surface area contributed by atoms with E-state index < -0.39 is 9.84 Å². The van der Waals surface area contributed by atoms with Crippen LogP contribution in [0.3, 0.4) is 0 Å². The molecule has 0 amide bonds. The predicted octanol–water partition coefficient (Wildman–Crippen LogP) is -0.684. The first-order valence-electron chi connectivity index (χ1n) is 3.28. The van der Waals surface area contributed by atoms with Gasteiger partial charge in [-0.05, 0) is 0 Å². The predicted molar refractivity (Wildman–Crippen MR) is 42.2 cm³/mol. The fourth-order valence-corrected chi connectivity index (χ4v) is 1.78. The van der Waals surface area contributed by atoms with Crippen LogP contribution in [0.1, 0.15) is 5.69 Å². The van der Waals surface area contributed by atoms with Gasteiger partial charge in [0.2, 0.25) is 15.0 Å². The Labute approximate surface area is 70.6 Å². The van der Waals surface area contributed by atoms with Crippen LogP contribution < -0.4 is 0 Å². The Morgan fingerprint density at radius 2 is 2.25 bits per heavy atom. The second-order valence-corrected chi connectivity index (χ2v) is 4.43. The zero-order valence-electron chi connectivity index (χ0n) is 6.85. The van der Waals surface area contributed by atoms with Crippen molar-refractivity contribution in [1.29, 1.82) is 0 Å². The number of hydrogen-bond donors (Lipinski definition) is 1. The van der Waals surface area contributed by atoms with Crippen molar-refractivity contribution in [3.05, 3.63) is 11.9 Å². The molecule has 0 fully saturated rings. The summed E-state index contributed by atoms with van der Waals surface area (Å²) in [6, 6.07) is 0. The van der Waals surface area contributed by atoms with Gasteiger partial charge in [0.1, 0.15) is 0 Å². The van der Waals surface area contributed by atoms with Crippen molar-refractivity contribution in [2.75, 3.05) is 6.26 Å². The molecule has 0 saturated carbocycles. The Balaban J connectivity index is 3.30. The van der Waals surface area contributed by atoms with Gasteiger partial charge < -0.3 is 9.67 Å². The van der Waals surface area contributed by atoms with Crippen LogP contribution in [0.2, 0.25) is 0 Å². The van der Waals surface area contributed by atoms with E-state index in [1.54, 1.807) is 7.05 Å². The number of aliphatic hydroxyl groups is 1. The topological polar surface area (TPSA) is 72.2 Å². The molecule has 0 aliphatic heterocycles. The average Bonchev–Trinajstić information content (AvgIpc) is 2.29. The molecule has 12 heavy (non-hydrogen) atoms. The molecule has 0 unspecified atom stereocenters. The largest absolute Gasteiger partial charge is 0.390 e. The minimum absolute atomic E-state index is 0.0217. The highest BCUT2D eigenvalue weighted by molar-refractivity contribution is 7.90. The van der Waals surface area contributed by atoms with Crippen LogP contribution in [-0.4, -0.2) is 29.3 Å². The second kappa shape index (κ2) is 2.87. The van der Waals surface area contributed by atoms with E-state index in [0.29, 0.717) is 5.69 Å². The molecule has 1 rings (SSSR count). The maximum atomic E-state index is 11.0. The van der Waals surface area contributed by atoms with Gasteiger partial charge in [-0.2, -0.15) is 0 Å². The number of aromatic nitrogens is 2. The molecule has 6 heteroatoms. The second-order valence-electron chi connectivity index (χ2n) is 2.52. The summed E-state index contributed by atoms with van der Waals surface area (Å²) in [4.78, 5) is 3.67. The molecule has 0 aromatic carbocycles. The third-order valence-corrected chi connectivity index (χ3v) is 2.58. The van der Waals surface area contributed by atoms with Crippen molar-refractivity contribution in [2.45, 2.75) is 11.8 Å². The van der Waals surface area contributed by atoms with E-state index in [2.05, 4.69) is 4.98 Å². The summed E-state index contributed by atoms with van der Waals surface area (Å²) in [6.07, 6.45) is 2.42. The summed E-state index contributed by atoms with van der Waals surface area (Å²) in [5.74, 6) is 0. The van der Waals surface area contributed by atoms with Gasteiger partial charge in [-0.25, -0.2) is 13.4 Å². The third-order valence-electron chi connectivity index (χ3n) is 1.54. The number of sulfone groups is 1. The van der Waals surface area contributed by atoms with E-state index in [1.165, 1.54) is 10.8 Å². The minimum atomic E-state index is -3.28. The first-order valence-corrected chi connectivity index (χ1v) is 5.17. The Morgan fingerprint density at radius 1 is 1.67 bits per heavy atom. The van der Waals surface area contributed by atoms with Crippen LogP contribution >= 0.6 is 0 Å². The van der Waals surface area contributed by atoms with Gasteiger partial charge in [0.05, 0.1) is 18.5 Å². The van der Waals surface area contributed by atoms with Crippen LogP contribution in [0, 0.1) is 0 Å². The number of rotatable bonds is 2. The smallest absolute Gasteiger partial charge is 0.227 e. The van der Waals surface area contributed by atoms with E-state index in [0.717, 1.165) is 6.26 Å². The van der Waals surface area contributed by atoms with Crippen LogP contribution in [-0.2, 0) is 23.5 Å². The zero-order chi connectivity index (χ0) is 9.35. The number of aliphatic hydroxyl groups excluding tert-OH is 1. The van der Waals surface area contributed by atoms with Crippen molar-refractivity contribution < 1.29 is 13.5 Å². The maximum absolute atomic E-state index is 11.0. The molecule has 0 saturated heterocycles. The van der Waals surface area contributed by atoms with Gasteiger partial charge in [-0.15, -0.1) is 0 Å². The Hall–Kier alpha value is -0.880. The number of imidazole rings is 1. The molecule has 0 atom stereocenters. The van der Waals surface area contributed by atoms with Crippen molar-refractivity contribution in [2.24, 2.45) is 7.05 Å². The molecular formula is C6H10N2O3S. The molecule has 0 aliphatic rings. The van der Waals surface area contributed by atoms with Gasteiger partial charge in [0.25, 0.3) is 0 Å². The molecule has 0 radical (unpaired) electrons. The van der Waals surface area contributed by atoms with Gasteiger partial charge >= 0.3 is 0 Å². The molecule has 1 aromatic rings. The van der Waals surface area contributed by atoms with Crippen molar-refractivity contribution in [1.82, 2.24) is 9.55 Å². The zero-order valence-corrected chi connectivity index (χ0v) is 7.67. The Kier molecular flexibility index (Phi) is 2.20. The van der Waals surface area contributed by atoms with E-state index in [-0.39, 0.29) is 11.8 Å². The number of nitrogens with zero attached hydrogens (tertiary/aromatic N) is 2. The first kappa shape index (κ1) is 9.21. The summed E-state index contributed by atoms with van der Waals surface area (Å²) in [5.41, 5.74) is 0.482. The maximum Gasteiger partial charge on any atom is 0.227 e. The fraction of sp³-hybridized carbons (Fsp3) is 0.500. The van der Waals surface area contributed by atoms with Gasteiger partial charge in [0.15, 0.2) is 0 Å². The molecule has 1 heterocycles. The summed E-state index contributed by atoms with van der Waals surface area (Å²) in [7, 11) is -1.73. The average molecular weight is 190 g/mol. The third kappa shape index (κ3) is 1.49. The highest BCUT2D eigenvalue weighted by Crippen LogP contribution is 2.08. The van der Waals surface area contributed by atoms with Crippen molar-refractivity contribution in [3.63, 3.8) is 0 Å². The summed E-state index contributed by atoms with van der Waals surface area (Å²) in [5, 5.41) is 8.72. The van der Waals surface area contributed by atoms with E-state index >= 15 is 0 Å². The highest BCUT2D eigenvalue weighted by atomic mass is 32.2. The summed E-state index contributed by atoms with van der Waals surface area (Å²) < 4.78 is 23.4. The van der Waals surface area contributed by atoms with Crippen molar-refractivity contribution in [3.8, 4) is 0 Å². The molecule has 5 nitrogen and oxygen atoms in total. The standard InChI is InChI=1S/C6H10N2O3S/c1-8-5(4-9)3-7-6(8)12(2,10)11/h3,9H,4H2,1-2H3. The molecule has 68 valence electrons. The normalized spacial score (nSPS) is 11.9. The molecular weight excluding hydrogens is 180 g/mol. The van der Waals surface area contributed by atoms with Crippen molar-refractivity contribution >= 4 is 9.84 Å². The molecule has 0 bridgehead atoms. The van der Waals surface area contributed by atoms with Crippen LogP contribution in [0.25, 0.3) is 0 Å². The van der Waals surface area contributed by atoms with Crippen LogP contribution in [0.5, 0.6) is 0 Å². The van der Waals surface area contributed by atoms with Crippen LogP contribution in [0.15, 0.2) is 11.4 Å². The molecule has 1 aromatic heterocycles. The minimum Gasteiger partial charge on any atom is -0.390 e. The molecule has 0 spiro atoms. The molecule has 1 N–H and O–H groups in total. The quantitative estimate of drug-likeness (QED) is 0.670. The SMILES string of the molecule is Cn1c(CO)cnc1S(C)(=O)=O.